The van der Waals surface area contributed by atoms with E-state index in [0.29, 0.717) is 23.1 Å². The summed E-state index contributed by atoms with van der Waals surface area (Å²) in [5.41, 5.74) is 0.172. The summed E-state index contributed by atoms with van der Waals surface area (Å²) < 4.78 is 46.8. The molecule has 0 saturated heterocycles. The number of aromatic hydroxyl groups is 1. The molecule has 1 aliphatic rings. The Labute approximate surface area is 161 Å². The molecule has 0 saturated carbocycles. The summed E-state index contributed by atoms with van der Waals surface area (Å²) in [5, 5.41) is 31.8. The van der Waals surface area contributed by atoms with E-state index in [9.17, 15) is 33.7 Å². The van der Waals surface area contributed by atoms with Crippen LogP contribution < -0.4 is 4.74 Å². The van der Waals surface area contributed by atoms with Crippen LogP contribution in [0.5, 0.6) is 11.5 Å². The fourth-order valence-corrected chi connectivity index (χ4v) is 3.71. The molecule has 4 rings (SSSR count). The monoisotopic (exact) mass is 400 g/mol. The molecular formula is C20H11F3N2O4. The highest BCUT2D eigenvalue weighted by molar-refractivity contribution is 5.97. The van der Waals surface area contributed by atoms with Crippen molar-refractivity contribution in [1.29, 1.82) is 5.26 Å². The predicted molar refractivity (Wildman–Crippen MR) is 94.5 cm³/mol. The average molecular weight is 400 g/mol. The predicted octanol–water partition coefficient (Wildman–Crippen LogP) is 4.16. The van der Waals surface area contributed by atoms with Crippen molar-refractivity contribution in [2.24, 2.45) is 0 Å². The first kappa shape index (κ1) is 18.6. The van der Waals surface area contributed by atoms with Crippen LogP contribution in [0.15, 0.2) is 36.4 Å². The molecule has 0 aromatic heterocycles. The van der Waals surface area contributed by atoms with Crippen molar-refractivity contribution in [2.75, 3.05) is 0 Å². The maximum absolute atomic E-state index is 14.4. The van der Waals surface area contributed by atoms with Gasteiger partial charge in [-0.05, 0) is 23.9 Å². The van der Waals surface area contributed by atoms with Gasteiger partial charge in [0.2, 0.25) is 0 Å². The molecular weight excluding hydrogens is 389 g/mol. The van der Waals surface area contributed by atoms with Crippen molar-refractivity contribution < 1.29 is 27.9 Å². The molecule has 0 fully saturated rings. The third-order valence-corrected chi connectivity index (χ3v) is 4.99. The topological polar surface area (TPSA) is 96.4 Å². The molecule has 1 N–H and O–H groups in total. The Bertz CT molecular complexity index is 1220. The number of ether oxygens (including phenoxy) is 1. The Kier molecular flexibility index (Phi) is 4.27. The molecule has 0 bridgehead atoms. The van der Waals surface area contributed by atoms with Gasteiger partial charge in [0.15, 0.2) is 11.6 Å². The summed E-state index contributed by atoms with van der Waals surface area (Å²) >= 11 is 0. The fraction of sp³-hybridized carbons (Fsp3) is 0.150. The second-order valence-corrected chi connectivity index (χ2v) is 6.60. The quantitative estimate of drug-likeness (QED) is 0.396. The number of nitrogens with zero attached hydrogens (tertiary/aromatic N) is 2. The van der Waals surface area contributed by atoms with Crippen LogP contribution in [0.4, 0.5) is 13.2 Å². The van der Waals surface area contributed by atoms with Gasteiger partial charge in [0, 0.05) is 28.6 Å². The number of phenolic OH excluding ortho intramolecular Hbond substituents is 1. The molecule has 1 heterocycles. The number of benzene rings is 3. The van der Waals surface area contributed by atoms with Crippen LogP contribution in [-0.4, -0.2) is 16.3 Å². The zero-order valence-corrected chi connectivity index (χ0v) is 14.5. The summed E-state index contributed by atoms with van der Waals surface area (Å²) in [6.45, 7) is 0. The van der Waals surface area contributed by atoms with Crippen molar-refractivity contribution >= 4 is 10.8 Å². The van der Waals surface area contributed by atoms with Gasteiger partial charge in [-0.15, -0.1) is 0 Å². The zero-order valence-electron chi connectivity index (χ0n) is 14.5. The van der Waals surface area contributed by atoms with E-state index in [-0.39, 0.29) is 28.9 Å². The van der Waals surface area contributed by atoms with Crippen LogP contribution in [0.3, 0.4) is 0 Å². The van der Waals surface area contributed by atoms with E-state index < -0.39 is 40.1 Å². The van der Waals surface area contributed by atoms with E-state index in [2.05, 4.69) is 0 Å². The van der Waals surface area contributed by atoms with Gasteiger partial charge in [0.1, 0.15) is 17.3 Å². The van der Waals surface area contributed by atoms with Crippen LogP contribution >= 0.6 is 0 Å². The molecule has 29 heavy (non-hydrogen) atoms. The van der Waals surface area contributed by atoms with Crippen molar-refractivity contribution in [3.05, 3.63) is 80.7 Å². The summed E-state index contributed by atoms with van der Waals surface area (Å²) in [7, 11) is 0. The SMILES string of the molecule is N#Cc1cccc2c3c(cc(O)c12)OC([N+](=O)[O-])C(c1cc(F)c(F)cc1F)C3. The van der Waals surface area contributed by atoms with Crippen LogP contribution in [0, 0.1) is 38.9 Å². The lowest BCUT2D eigenvalue weighted by Gasteiger charge is -2.29. The van der Waals surface area contributed by atoms with Crippen LogP contribution in [0.1, 0.15) is 22.6 Å². The van der Waals surface area contributed by atoms with Gasteiger partial charge in [0.25, 0.3) is 0 Å². The van der Waals surface area contributed by atoms with Gasteiger partial charge in [-0.3, -0.25) is 10.1 Å². The highest BCUT2D eigenvalue weighted by Crippen LogP contribution is 2.44. The minimum Gasteiger partial charge on any atom is -0.507 e. The number of hydrogen-bond acceptors (Lipinski definition) is 5. The maximum atomic E-state index is 14.4. The Balaban J connectivity index is 1.95. The van der Waals surface area contributed by atoms with E-state index in [1.54, 1.807) is 12.1 Å². The van der Waals surface area contributed by atoms with E-state index in [1.807, 2.05) is 6.07 Å². The highest BCUT2D eigenvalue weighted by atomic mass is 19.2. The summed E-state index contributed by atoms with van der Waals surface area (Å²) in [6.07, 6.45) is -1.92. The zero-order chi connectivity index (χ0) is 20.9. The van der Waals surface area contributed by atoms with Crippen molar-refractivity contribution in [3.63, 3.8) is 0 Å². The first-order valence-electron chi connectivity index (χ1n) is 8.44. The van der Waals surface area contributed by atoms with Crippen molar-refractivity contribution in [1.82, 2.24) is 0 Å². The standard InChI is InChI=1S/C20H11F3N2O4/c21-14-6-16(23)15(22)5-11(14)13-4-12-10-3-1-2-9(8-24)19(10)17(26)7-18(12)29-20(13)25(27)28/h1-3,5-7,13,20,26H,4H2. The minimum atomic E-state index is -1.78. The van der Waals surface area contributed by atoms with E-state index >= 15 is 0 Å². The Morgan fingerprint density at radius 1 is 1.17 bits per heavy atom. The van der Waals surface area contributed by atoms with E-state index in [4.69, 9.17) is 4.74 Å². The molecule has 2 atom stereocenters. The van der Waals surface area contributed by atoms with Gasteiger partial charge < -0.3 is 9.84 Å². The third-order valence-electron chi connectivity index (χ3n) is 4.99. The number of nitriles is 1. The number of halogens is 3. The second-order valence-electron chi connectivity index (χ2n) is 6.60. The Morgan fingerprint density at radius 2 is 1.90 bits per heavy atom. The fourth-order valence-electron chi connectivity index (χ4n) is 3.71. The van der Waals surface area contributed by atoms with Gasteiger partial charge in [-0.1, -0.05) is 12.1 Å². The molecule has 0 radical (unpaired) electrons. The van der Waals surface area contributed by atoms with Gasteiger partial charge in [0.05, 0.1) is 22.5 Å². The highest BCUT2D eigenvalue weighted by Gasteiger charge is 2.42. The molecule has 0 amide bonds. The molecule has 9 heteroatoms. The van der Waals surface area contributed by atoms with E-state index in [1.165, 1.54) is 6.07 Å². The summed E-state index contributed by atoms with van der Waals surface area (Å²) in [4.78, 5) is 10.8. The Morgan fingerprint density at radius 3 is 2.59 bits per heavy atom. The molecule has 2 unspecified atom stereocenters. The van der Waals surface area contributed by atoms with Crippen LogP contribution in [-0.2, 0) is 6.42 Å². The second kappa shape index (κ2) is 6.67. The van der Waals surface area contributed by atoms with Crippen molar-refractivity contribution in [2.45, 2.75) is 18.6 Å². The lowest BCUT2D eigenvalue weighted by molar-refractivity contribution is -0.568. The van der Waals surface area contributed by atoms with Gasteiger partial charge in [-0.2, -0.15) is 5.26 Å². The molecule has 146 valence electrons. The number of fused-ring (bicyclic) bond motifs is 3. The molecule has 0 spiro atoms. The third kappa shape index (κ3) is 2.89. The minimum absolute atomic E-state index is 0.00558. The molecule has 1 aliphatic heterocycles. The van der Waals surface area contributed by atoms with Crippen molar-refractivity contribution in [3.8, 4) is 17.6 Å². The first-order valence-corrected chi connectivity index (χ1v) is 8.44. The van der Waals surface area contributed by atoms with Gasteiger partial charge in [-0.25, -0.2) is 13.2 Å². The van der Waals surface area contributed by atoms with E-state index in [0.717, 1.165) is 6.07 Å². The normalized spacial score (nSPS) is 18.0. The lowest BCUT2D eigenvalue weighted by atomic mass is 9.85. The largest absolute Gasteiger partial charge is 0.507 e. The number of hydrogen-bond donors (Lipinski definition) is 1. The molecule has 3 aromatic rings. The van der Waals surface area contributed by atoms with Crippen LogP contribution in [0.25, 0.3) is 10.8 Å². The number of nitro groups is 1. The molecule has 6 nitrogen and oxygen atoms in total. The number of phenols is 1. The first-order chi connectivity index (χ1) is 13.8. The smallest absolute Gasteiger partial charge is 0.361 e. The lowest BCUT2D eigenvalue weighted by Crippen LogP contribution is -2.38. The molecule has 3 aromatic carbocycles. The summed E-state index contributed by atoms with van der Waals surface area (Å²) in [6, 6.07) is 8.67. The van der Waals surface area contributed by atoms with Gasteiger partial charge >= 0.3 is 6.23 Å². The number of rotatable bonds is 2. The maximum Gasteiger partial charge on any atom is 0.361 e. The summed E-state index contributed by atoms with van der Waals surface area (Å²) in [5.74, 6) is -5.42. The Hall–Kier alpha value is -3.80. The van der Waals surface area contributed by atoms with Crippen LogP contribution in [0.2, 0.25) is 0 Å². The average Bonchev–Trinajstić information content (AvgIpc) is 2.69. The molecule has 0 aliphatic carbocycles.